The number of benzene rings is 11. The van der Waals surface area contributed by atoms with Crippen molar-refractivity contribution in [3.8, 4) is 44.5 Å². The molecule has 0 unspecified atom stereocenters. The molecule has 0 spiro atoms. The largest absolute Gasteiger partial charge is 0.0630 e. The quantitative estimate of drug-likeness (QED) is 0.167. The van der Waals surface area contributed by atoms with Crippen LogP contribution in [0, 0.1) is 0 Å². The van der Waals surface area contributed by atoms with E-state index in [1.165, 1.54) is 0 Å². The molecule has 0 amide bonds. The third-order valence-corrected chi connectivity index (χ3v) is 9.46. The zero-order valence-electron chi connectivity index (χ0n) is 43.9. The molecule has 0 saturated carbocycles. The topological polar surface area (TPSA) is 0 Å². The first-order chi connectivity index (χ1) is 32.3. The van der Waals surface area contributed by atoms with Crippen LogP contribution in [0.4, 0.5) is 0 Å². The summed E-state index contributed by atoms with van der Waals surface area (Å²) in [6.45, 7) is 0. The number of hydrogen-bond acceptors (Lipinski definition) is 0. The predicted molar refractivity (Wildman–Crippen MR) is 216 cm³/mol. The fourth-order valence-electron chi connectivity index (χ4n) is 7.12. The Labute approximate surface area is 315 Å². The van der Waals surface area contributed by atoms with Gasteiger partial charge in [0.05, 0.1) is 24.7 Å². The molecule has 0 aliphatic heterocycles. The van der Waals surface area contributed by atoms with Gasteiger partial charge in [-0.1, -0.05) is 163 Å². The van der Waals surface area contributed by atoms with Gasteiger partial charge >= 0.3 is 0 Å². The number of hydrogen-bond donors (Lipinski definition) is 0. The Kier molecular flexibility index (Phi) is 3.23. The molecule has 0 aliphatic rings. The van der Waals surface area contributed by atoms with Gasteiger partial charge in [-0.25, -0.2) is 0 Å². The molecule has 11 aromatic rings. The van der Waals surface area contributed by atoms with Crippen LogP contribution in [0.2, 0.25) is 0 Å². The molecule has 0 atom stereocenters. The van der Waals surface area contributed by atoms with Crippen molar-refractivity contribution >= 4 is 64.6 Å². The molecular weight excluding hydrogens is 601 g/mol. The molecule has 0 N–H and O–H groups in total. The highest BCUT2D eigenvalue weighted by atomic mass is 14.2. The van der Waals surface area contributed by atoms with E-state index in [2.05, 4.69) is 0 Å². The molecule has 0 heteroatoms. The maximum Gasteiger partial charge on any atom is 0.0630 e. The highest BCUT2D eigenvalue weighted by molar-refractivity contribution is 6.26. The van der Waals surface area contributed by atoms with Crippen LogP contribution in [0.1, 0.15) is 24.7 Å². The van der Waals surface area contributed by atoms with Gasteiger partial charge in [0.15, 0.2) is 0 Å². The SMILES string of the molecule is [2H]c1c([2H])c2c([2H])c([2H])c3c([2H])c([2H])c(-c4ccc(-c5cc(-c6ccccc6)cc(-c6c([2H])c([2H])c7c([2H])c([2H])c8c([2H])c([2H])c([2H])c9c([2H])c([2H])c6c7c89)c5)cc4)c4c([2H])c([2H])c(c1[2H])c2c34. The van der Waals surface area contributed by atoms with E-state index in [9.17, 15) is 6.85 Å². The van der Waals surface area contributed by atoms with Crippen LogP contribution in [0.5, 0.6) is 0 Å². The average molecular weight is 649 g/mol. The van der Waals surface area contributed by atoms with Crippen molar-refractivity contribution in [1.82, 2.24) is 0 Å². The summed E-state index contributed by atoms with van der Waals surface area (Å²) in [5, 5.41) is -0.569. The molecule has 11 rings (SSSR count). The third-order valence-electron chi connectivity index (χ3n) is 9.46. The number of rotatable bonds is 4. The Morgan fingerprint density at radius 2 is 0.660 bits per heavy atom. The summed E-state index contributed by atoms with van der Waals surface area (Å²) in [5.74, 6) is 0. The summed E-state index contributed by atoms with van der Waals surface area (Å²) in [5.41, 5.74) is 3.46. The van der Waals surface area contributed by atoms with Crippen LogP contribution in [0.25, 0.3) is 109 Å². The Bertz CT molecular complexity index is 4040. The van der Waals surface area contributed by atoms with Crippen LogP contribution in [-0.4, -0.2) is 0 Å². The van der Waals surface area contributed by atoms with E-state index < -0.39 is 96.7 Å². The smallest absolute Gasteiger partial charge is 0.0622 e. The summed E-state index contributed by atoms with van der Waals surface area (Å²) in [4.78, 5) is 0. The van der Waals surface area contributed by atoms with Crippen LogP contribution >= 0.6 is 0 Å². The van der Waals surface area contributed by atoms with Gasteiger partial charge < -0.3 is 0 Å². The highest BCUT2D eigenvalue weighted by Gasteiger charge is 2.15. The van der Waals surface area contributed by atoms with Gasteiger partial charge in [-0.3, -0.25) is 0 Å². The molecule has 0 fully saturated rings. The van der Waals surface area contributed by atoms with Gasteiger partial charge in [0.2, 0.25) is 0 Å². The molecule has 11 aromatic carbocycles. The molecule has 0 saturated heterocycles. The zero-order chi connectivity index (χ0) is 48.4. The lowest BCUT2D eigenvalue weighted by Gasteiger charge is -2.16. The minimum atomic E-state index is -0.562. The molecule has 0 aromatic heterocycles. The van der Waals surface area contributed by atoms with Crippen LogP contribution < -0.4 is 0 Å². The van der Waals surface area contributed by atoms with Gasteiger partial charge in [0.25, 0.3) is 0 Å². The van der Waals surface area contributed by atoms with Crippen LogP contribution in [0.3, 0.4) is 0 Å². The van der Waals surface area contributed by atoms with E-state index >= 15 is 0 Å². The van der Waals surface area contributed by atoms with E-state index in [1.807, 2.05) is 36.4 Å². The Morgan fingerprint density at radius 1 is 0.280 bits per heavy atom. The maximum absolute atomic E-state index is 9.46. The zero-order valence-corrected chi connectivity index (χ0v) is 25.9. The molecule has 0 bridgehead atoms. The summed E-state index contributed by atoms with van der Waals surface area (Å²) in [6.07, 6.45) is 0. The van der Waals surface area contributed by atoms with Gasteiger partial charge in [-0.05, 0) is 127 Å². The van der Waals surface area contributed by atoms with Crippen molar-refractivity contribution in [2.75, 3.05) is 0 Å². The lowest BCUT2D eigenvalue weighted by atomic mass is 9.87. The van der Waals surface area contributed by atoms with Crippen molar-refractivity contribution < 1.29 is 24.7 Å². The second kappa shape index (κ2) is 10.5. The highest BCUT2D eigenvalue weighted by Crippen LogP contribution is 2.43. The first-order valence-electron chi connectivity index (χ1n) is 25.0. The van der Waals surface area contributed by atoms with E-state index in [0.717, 1.165) is 5.56 Å². The van der Waals surface area contributed by atoms with E-state index in [1.54, 1.807) is 36.4 Å². The predicted octanol–water partition coefficient (Wildman–Crippen LogP) is 14.1. The summed E-state index contributed by atoms with van der Waals surface area (Å²) in [7, 11) is 0. The van der Waals surface area contributed by atoms with Crippen molar-refractivity contribution in [3.63, 3.8) is 0 Å². The minimum absolute atomic E-state index is 0.0191. The average Bonchev–Trinajstić information content (AvgIpc) is 3.33. The lowest BCUT2D eigenvalue weighted by molar-refractivity contribution is 1.57. The van der Waals surface area contributed by atoms with Gasteiger partial charge in [0.1, 0.15) is 0 Å². The first-order valence-corrected chi connectivity index (χ1v) is 16.0. The molecule has 0 nitrogen and oxygen atoms in total. The van der Waals surface area contributed by atoms with Crippen LogP contribution in [-0.2, 0) is 0 Å². The second-order valence-electron chi connectivity index (χ2n) is 12.2. The van der Waals surface area contributed by atoms with Gasteiger partial charge in [-0.2, -0.15) is 0 Å². The second-order valence-corrected chi connectivity index (χ2v) is 12.2. The fraction of sp³-hybridized carbons (Fsp3) is 0. The standard InChI is InChI=1S/C50H30/c1-2-6-31(7-3-1)40-28-41(30-42(29-40)44-25-21-39-19-17-35-9-5-11-37-23-27-46(44)50(39)48(35)37)32-12-14-33(15-13-32)43-24-20-38-18-16-34-8-4-10-36-22-26-45(43)49(38)47(34)36/h1-30H/i4D,5D,8D,9D,10D,11D,16D,17D,18D,19D,20D,21D,22D,23D,24D,25D,26D,27D. The summed E-state index contributed by atoms with van der Waals surface area (Å²) >= 11 is 0. The van der Waals surface area contributed by atoms with Crippen molar-refractivity contribution in [1.29, 1.82) is 0 Å². The molecule has 50 heavy (non-hydrogen) atoms. The summed E-state index contributed by atoms with van der Waals surface area (Å²) in [6, 6.07) is 13.2. The molecule has 0 heterocycles. The first kappa shape index (κ1) is 15.4. The van der Waals surface area contributed by atoms with Gasteiger partial charge in [0, 0.05) is 0 Å². The fourth-order valence-corrected chi connectivity index (χ4v) is 7.12. The molecular formula is C50H30. The molecule has 230 valence electrons. The Hall–Kier alpha value is -6.50. The molecule has 0 aliphatic carbocycles. The Balaban J connectivity index is 1.18. The van der Waals surface area contributed by atoms with Gasteiger partial charge in [-0.15, -0.1) is 0 Å². The van der Waals surface area contributed by atoms with E-state index in [0.29, 0.717) is 27.8 Å². The molecule has 0 radical (unpaired) electrons. The van der Waals surface area contributed by atoms with E-state index in [-0.39, 0.29) is 87.8 Å². The Morgan fingerprint density at radius 3 is 1.18 bits per heavy atom. The van der Waals surface area contributed by atoms with Crippen molar-refractivity contribution in [2.24, 2.45) is 0 Å². The lowest BCUT2D eigenvalue weighted by Crippen LogP contribution is -1.90. The van der Waals surface area contributed by atoms with Crippen molar-refractivity contribution in [2.45, 2.75) is 0 Å². The normalized spacial score (nSPS) is 17.0. The van der Waals surface area contributed by atoms with E-state index in [4.69, 9.17) is 17.8 Å². The van der Waals surface area contributed by atoms with Crippen LogP contribution in [0.15, 0.2) is 182 Å². The third kappa shape index (κ3) is 4.06. The maximum atomic E-state index is 9.46. The monoisotopic (exact) mass is 648 g/mol. The summed E-state index contributed by atoms with van der Waals surface area (Å²) < 4.78 is 161. The minimum Gasteiger partial charge on any atom is -0.0622 e. The van der Waals surface area contributed by atoms with Crippen molar-refractivity contribution in [3.05, 3.63) is 182 Å².